The molecule has 2 aliphatic heterocycles. The second kappa shape index (κ2) is 6.51. The molecule has 1 aliphatic carbocycles. The largest absolute Gasteiger partial charge is 0.357 e. The highest BCUT2D eigenvalue weighted by atomic mass is 16.5. The molecule has 4 rings (SSSR count). The summed E-state index contributed by atoms with van der Waals surface area (Å²) < 4.78 is 7.82. The summed E-state index contributed by atoms with van der Waals surface area (Å²) in [5, 5.41) is 4.54. The van der Waals surface area contributed by atoms with E-state index >= 15 is 0 Å². The van der Waals surface area contributed by atoms with Gasteiger partial charge in [0.25, 0.3) is 0 Å². The van der Waals surface area contributed by atoms with Crippen molar-refractivity contribution in [2.45, 2.75) is 70.4 Å². The number of hydrogen-bond acceptors (Lipinski definition) is 3. The number of carbonyl (C=O) groups excluding carboxylic acids is 1. The Labute approximate surface area is 144 Å². The first kappa shape index (κ1) is 16.1. The summed E-state index contributed by atoms with van der Waals surface area (Å²) in [4.78, 5) is 14.8. The van der Waals surface area contributed by atoms with E-state index in [0.717, 1.165) is 58.2 Å². The first-order valence-electron chi connectivity index (χ1n) is 9.61. The van der Waals surface area contributed by atoms with Crippen LogP contribution in [0.2, 0.25) is 0 Å². The van der Waals surface area contributed by atoms with Gasteiger partial charge in [-0.2, -0.15) is 5.10 Å². The number of rotatable bonds is 3. The van der Waals surface area contributed by atoms with Crippen molar-refractivity contribution in [2.75, 3.05) is 19.7 Å². The number of amides is 1. The molecule has 1 atom stereocenters. The van der Waals surface area contributed by atoms with Crippen LogP contribution >= 0.6 is 0 Å². The molecule has 24 heavy (non-hydrogen) atoms. The molecule has 0 aromatic carbocycles. The van der Waals surface area contributed by atoms with Crippen molar-refractivity contribution in [3.8, 4) is 0 Å². The van der Waals surface area contributed by atoms with Gasteiger partial charge in [0.2, 0.25) is 5.91 Å². The zero-order valence-electron chi connectivity index (χ0n) is 14.7. The summed E-state index contributed by atoms with van der Waals surface area (Å²) in [5.41, 5.74) is 1.25. The van der Waals surface area contributed by atoms with E-state index in [2.05, 4.69) is 23.1 Å². The molecule has 1 saturated carbocycles. The first-order chi connectivity index (χ1) is 11.7. The van der Waals surface area contributed by atoms with E-state index in [4.69, 9.17) is 4.74 Å². The molecule has 2 saturated heterocycles. The molecular formula is C19H29N3O2. The fourth-order valence-corrected chi connectivity index (χ4v) is 4.37. The molecule has 132 valence electrons. The lowest BCUT2D eigenvalue weighted by atomic mass is 9.69. The van der Waals surface area contributed by atoms with Crippen molar-refractivity contribution in [2.24, 2.45) is 5.41 Å². The van der Waals surface area contributed by atoms with Gasteiger partial charge in [0, 0.05) is 31.3 Å². The molecule has 0 spiro atoms. The van der Waals surface area contributed by atoms with Crippen LogP contribution in [0.15, 0.2) is 12.4 Å². The molecule has 0 radical (unpaired) electrons. The molecule has 0 N–H and O–H groups in total. The maximum Gasteiger partial charge on any atom is 0.228 e. The van der Waals surface area contributed by atoms with Crippen LogP contribution < -0.4 is 0 Å². The fourth-order valence-electron chi connectivity index (χ4n) is 4.37. The SMILES string of the molecule is CC1(C(=O)N2CCC(c3cnn(C4CCCCO4)c3)CC2)CCC1. The van der Waals surface area contributed by atoms with E-state index in [1.807, 2.05) is 10.9 Å². The van der Waals surface area contributed by atoms with Gasteiger partial charge in [0.05, 0.1) is 6.20 Å². The summed E-state index contributed by atoms with van der Waals surface area (Å²) >= 11 is 0. The maximum atomic E-state index is 12.6. The number of ether oxygens (including phenoxy) is 1. The predicted molar refractivity (Wildman–Crippen MR) is 91.6 cm³/mol. The van der Waals surface area contributed by atoms with Crippen LogP contribution in [0, 0.1) is 5.41 Å². The normalized spacial score (nSPS) is 27.7. The summed E-state index contributed by atoms with van der Waals surface area (Å²) in [6.45, 7) is 4.77. The number of piperidine rings is 1. The van der Waals surface area contributed by atoms with Crippen molar-refractivity contribution in [1.82, 2.24) is 14.7 Å². The third-order valence-corrected chi connectivity index (χ3v) is 6.30. The molecule has 0 bridgehead atoms. The lowest BCUT2D eigenvalue weighted by molar-refractivity contribution is -0.147. The monoisotopic (exact) mass is 331 g/mol. The minimum atomic E-state index is -0.0595. The average molecular weight is 331 g/mol. The van der Waals surface area contributed by atoms with E-state index in [1.165, 1.54) is 18.4 Å². The van der Waals surface area contributed by atoms with Gasteiger partial charge in [-0.1, -0.05) is 13.3 Å². The van der Waals surface area contributed by atoms with Crippen LogP contribution in [0.3, 0.4) is 0 Å². The summed E-state index contributed by atoms with van der Waals surface area (Å²) in [7, 11) is 0. The summed E-state index contributed by atoms with van der Waals surface area (Å²) in [5.74, 6) is 0.916. The van der Waals surface area contributed by atoms with E-state index in [0.29, 0.717) is 11.8 Å². The Morgan fingerprint density at radius 2 is 2.00 bits per heavy atom. The number of aromatic nitrogens is 2. The van der Waals surface area contributed by atoms with E-state index in [-0.39, 0.29) is 11.6 Å². The predicted octanol–water partition coefficient (Wildman–Crippen LogP) is 3.48. The van der Waals surface area contributed by atoms with Crippen molar-refractivity contribution in [3.05, 3.63) is 18.0 Å². The highest BCUT2D eigenvalue weighted by Gasteiger charge is 2.42. The number of carbonyl (C=O) groups is 1. The molecule has 3 heterocycles. The van der Waals surface area contributed by atoms with E-state index in [1.54, 1.807) is 0 Å². The molecule has 1 amide bonds. The molecule has 1 aromatic heterocycles. The Morgan fingerprint density at radius 1 is 1.21 bits per heavy atom. The summed E-state index contributed by atoms with van der Waals surface area (Å²) in [6, 6.07) is 0. The van der Waals surface area contributed by atoms with Crippen LogP contribution in [-0.2, 0) is 9.53 Å². The van der Waals surface area contributed by atoms with Crippen molar-refractivity contribution < 1.29 is 9.53 Å². The van der Waals surface area contributed by atoms with Crippen LogP contribution in [0.1, 0.15) is 76.0 Å². The first-order valence-corrected chi connectivity index (χ1v) is 9.61. The van der Waals surface area contributed by atoms with Crippen LogP contribution in [-0.4, -0.2) is 40.3 Å². The highest BCUT2D eigenvalue weighted by molar-refractivity contribution is 5.83. The molecule has 1 unspecified atom stereocenters. The Kier molecular flexibility index (Phi) is 4.37. The fraction of sp³-hybridized carbons (Fsp3) is 0.789. The van der Waals surface area contributed by atoms with Gasteiger partial charge in [-0.3, -0.25) is 4.79 Å². The van der Waals surface area contributed by atoms with Crippen LogP contribution in [0.4, 0.5) is 0 Å². The van der Waals surface area contributed by atoms with Crippen molar-refractivity contribution in [1.29, 1.82) is 0 Å². The quantitative estimate of drug-likeness (QED) is 0.852. The van der Waals surface area contributed by atoms with Crippen LogP contribution in [0.25, 0.3) is 0 Å². The molecule has 5 nitrogen and oxygen atoms in total. The van der Waals surface area contributed by atoms with E-state index < -0.39 is 0 Å². The standard InChI is InChI=1S/C19H29N3O2/c1-19(8-4-9-19)18(23)21-10-6-15(7-11-21)16-13-20-22(14-16)17-5-2-3-12-24-17/h13-15,17H,2-12H2,1H3. The number of hydrogen-bond donors (Lipinski definition) is 0. The highest BCUT2D eigenvalue weighted by Crippen LogP contribution is 2.43. The Bertz CT molecular complexity index is 579. The topological polar surface area (TPSA) is 47.4 Å². The van der Waals surface area contributed by atoms with Gasteiger partial charge in [0.1, 0.15) is 6.23 Å². The minimum absolute atomic E-state index is 0.0595. The summed E-state index contributed by atoms with van der Waals surface area (Å²) in [6.07, 6.45) is 13.2. The Balaban J connectivity index is 1.34. The average Bonchev–Trinajstić information content (AvgIpc) is 3.10. The lowest BCUT2D eigenvalue weighted by Crippen LogP contribution is -2.48. The van der Waals surface area contributed by atoms with Crippen molar-refractivity contribution in [3.63, 3.8) is 0 Å². The van der Waals surface area contributed by atoms with Gasteiger partial charge in [0.15, 0.2) is 0 Å². The second-order valence-electron chi connectivity index (χ2n) is 8.06. The smallest absolute Gasteiger partial charge is 0.228 e. The molecule has 3 fully saturated rings. The minimum Gasteiger partial charge on any atom is -0.357 e. The number of likely N-dealkylation sites (tertiary alicyclic amines) is 1. The van der Waals surface area contributed by atoms with Crippen molar-refractivity contribution >= 4 is 5.91 Å². The molecule has 1 aromatic rings. The Morgan fingerprint density at radius 3 is 2.62 bits per heavy atom. The van der Waals surface area contributed by atoms with Crippen LogP contribution in [0.5, 0.6) is 0 Å². The maximum absolute atomic E-state index is 12.6. The van der Waals surface area contributed by atoms with Gasteiger partial charge < -0.3 is 9.64 Å². The lowest BCUT2D eigenvalue weighted by Gasteiger charge is -2.43. The van der Waals surface area contributed by atoms with Gasteiger partial charge in [-0.15, -0.1) is 0 Å². The van der Waals surface area contributed by atoms with E-state index in [9.17, 15) is 4.79 Å². The third kappa shape index (κ3) is 2.99. The Hall–Kier alpha value is -1.36. The zero-order valence-corrected chi connectivity index (χ0v) is 14.7. The van der Waals surface area contributed by atoms with Gasteiger partial charge >= 0.3 is 0 Å². The molecular weight excluding hydrogens is 302 g/mol. The number of nitrogens with zero attached hydrogens (tertiary/aromatic N) is 3. The zero-order chi connectivity index (χ0) is 16.6. The molecule has 3 aliphatic rings. The van der Waals surface area contributed by atoms with Gasteiger partial charge in [-0.25, -0.2) is 4.68 Å². The second-order valence-corrected chi connectivity index (χ2v) is 8.06. The third-order valence-electron chi connectivity index (χ3n) is 6.30. The molecule has 5 heteroatoms. The van der Waals surface area contributed by atoms with Gasteiger partial charge in [-0.05, 0) is 56.4 Å².